The van der Waals surface area contributed by atoms with Crippen LogP contribution in [0.5, 0.6) is 0 Å². The van der Waals surface area contributed by atoms with Crippen molar-refractivity contribution in [2.45, 2.75) is 0 Å². The van der Waals surface area contributed by atoms with E-state index in [4.69, 9.17) is 5.11 Å². The van der Waals surface area contributed by atoms with Crippen molar-refractivity contribution in [2.75, 3.05) is 0 Å². The highest BCUT2D eigenvalue weighted by Gasteiger charge is 2.09. The first-order valence-electron chi connectivity index (χ1n) is 4.41. The number of aromatic nitrogens is 1. The Balaban J connectivity index is 2.79. The molecule has 15 heavy (non-hydrogen) atoms. The predicted molar refractivity (Wildman–Crippen MR) is 55.3 cm³/mol. The molecule has 2 rings (SSSR count). The number of nitrogens with zero attached hydrogens (tertiary/aromatic N) is 1. The van der Waals surface area contributed by atoms with Gasteiger partial charge in [0, 0.05) is 29.7 Å². The van der Waals surface area contributed by atoms with Crippen LogP contribution in [0, 0.1) is 0 Å². The molecule has 1 N–H and O–H groups in total. The number of aryl methyl sites for hydroxylation is 1. The number of fused-ring (bicyclic) bond motifs is 1. The van der Waals surface area contributed by atoms with Crippen molar-refractivity contribution < 1.29 is 14.7 Å². The summed E-state index contributed by atoms with van der Waals surface area (Å²) in [6.07, 6.45) is 2.41. The van der Waals surface area contributed by atoms with E-state index in [1.807, 2.05) is 7.05 Å². The summed E-state index contributed by atoms with van der Waals surface area (Å²) in [7, 11) is 1.82. The molecule has 1 aromatic heterocycles. The van der Waals surface area contributed by atoms with Crippen molar-refractivity contribution in [1.29, 1.82) is 0 Å². The number of rotatable bonds is 2. The molecule has 2 aromatic rings. The van der Waals surface area contributed by atoms with E-state index in [0.717, 1.165) is 11.8 Å². The first-order chi connectivity index (χ1) is 7.13. The molecule has 0 aliphatic rings. The van der Waals surface area contributed by atoms with E-state index in [1.165, 1.54) is 12.1 Å². The third kappa shape index (κ3) is 1.40. The molecule has 1 aromatic carbocycles. The van der Waals surface area contributed by atoms with Gasteiger partial charge in [0.25, 0.3) is 0 Å². The highest BCUT2D eigenvalue weighted by atomic mass is 16.4. The number of aldehydes is 1. The van der Waals surface area contributed by atoms with Crippen molar-refractivity contribution in [1.82, 2.24) is 4.57 Å². The summed E-state index contributed by atoms with van der Waals surface area (Å²) in [4.78, 5) is 21.5. The van der Waals surface area contributed by atoms with Crippen molar-refractivity contribution in [3.63, 3.8) is 0 Å². The van der Waals surface area contributed by atoms with Crippen LogP contribution in [0.1, 0.15) is 20.7 Å². The van der Waals surface area contributed by atoms with Gasteiger partial charge in [-0.2, -0.15) is 0 Å². The molecule has 0 aliphatic carbocycles. The predicted octanol–water partition coefficient (Wildman–Crippen LogP) is 1.69. The molecule has 0 atom stereocenters. The highest BCUT2D eigenvalue weighted by Crippen LogP contribution is 2.20. The second-order valence-electron chi connectivity index (χ2n) is 3.35. The largest absolute Gasteiger partial charge is 0.478 e. The van der Waals surface area contributed by atoms with Gasteiger partial charge in [0.15, 0.2) is 6.29 Å². The third-order valence-electron chi connectivity index (χ3n) is 2.39. The average molecular weight is 203 g/mol. The van der Waals surface area contributed by atoms with Crippen molar-refractivity contribution >= 4 is 23.2 Å². The molecule has 0 saturated carbocycles. The molecule has 1 heterocycles. The van der Waals surface area contributed by atoms with Crippen molar-refractivity contribution in [2.24, 2.45) is 7.05 Å². The molecule has 0 aliphatic heterocycles. The standard InChI is InChI=1S/C11H9NO3/c1-12-5-8(6-13)9-4-7(11(14)15)2-3-10(9)12/h2-6H,1H3,(H,14,15). The maximum absolute atomic E-state index is 10.8. The number of benzene rings is 1. The van der Waals surface area contributed by atoms with Crippen LogP contribution < -0.4 is 0 Å². The van der Waals surface area contributed by atoms with Crippen LogP contribution in [-0.4, -0.2) is 21.9 Å². The molecule has 0 fully saturated rings. The Morgan fingerprint density at radius 2 is 2.20 bits per heavy atom. The zero-order valence-electron chi connectivity index (χ0n) is 8.10. The van der Waals surface area contributed by atoms with Gasteiger partial charge in [-0.3, -0.25) is 4.79 Å². The molecule has 4 heteroatoms. The molecule has 0 radical (unpaired) electrons. The van der Waals surface area contributed by atoms with Crippen LogP contribution >= 0.6 is 0 Å². The van der Waals surface area contributed by atoms with Gasteiger partial charge in [-0.25, -0.2) is 4.79 Å². The minimum atomic E-state index is -0.988. The summed E-state index contributed by atoms with van der Waals surface area (Å²) in [5.41, 5.74) is 1.55. The first-order valence-corrected chi connectivity index (χ1v) is 4.41. The van der Waals surface area contributed by atoms with Gasteiger partial charge >= 0.3 is 5.97 Å². The van der Waals surface area contributed by atoms with Crippen LogP contribution in [-0.2, 0) is 7.05 Å². The minimum Gasteiger partial charge on any atom is -0.478 e. The Labute approximate surface area is 85.7 Å². The highest BCUT2D eigenvalue weighted by molar-refractivity contribution is 6.01. The third-order valence-corrected chi connectivity index (χ3v) is 2.39. The molecule has 0 bridgehead atoms. The Bertz CT molecular complexity index is 554. The summed E-state index contributed by atoms with van der Waals surface area (Å²) < 4.78 is 1.80. The van der Waals surface area contributed by atoms with E-state index >= 15 is 0 Å². The molecule has 76 valence electrons. The Morgan fingerprint density at radius 1 is 1.47 bits per heavy atom. The lowest BCUT2D eigenvalue weighted by Gasteiger charge is -1.97. The zero-order valence-corrected chi connectivity index (χ0v) is 8.10. The smallest absolute Gasteiger partial charge is 0.335 e. The van der Waals surface area contributed by atoms with Gasteiger partial charge in [-0.15, -0.1) is 0 Å². The molecule has 0 spiro atoms. The molecule has 0 saturated heterocycles. The lowest BCUT2D eigenvalue weighted by atomic mass is 10.1. The SMILES string of the molecule is Cn1cc(C=O)c2cc(C(=O)O)ccc21. The van der Waals surface area contributed by atoms with Crippen LogP contribution in [0.15, 0.2) is 24.4 Å². The number of aromatic carboxylic acids is 1. The maximum atomic E-state index is 10.8. The molecular weight excluding hydrogens is 194 g/mol. The van der Waals surface area contributed by atoms with E-state index in [2.05, 4.69) is 0 Å². The van der Waals surface area contributed by atoms with Gasteiger partial charge in [0.1, 0.15) is 0 Å². The maximum Gasteiger partial charge on any atom is 0.335 e. The normalized spacial score (nSPS) is 10.5. The van der Waals surface area contributed by atoms with Crippen LogP contribution in [0.4, 0.5) is 0 Å². The number of hydrogen-bond donors (Lipinski definition) is 1. The monoisotopic (exact) mass is 203 g/mol. The average Bonchev–Trinajstić information content (AvgIpc) is 2.55. The molecule has 0 amide bonds. The van der Waals surface area contributed by atoms with E-state index in [-0.39, 0.29) is 5.56 Å². The van der Waals surface area contributed by atoms with E-state index < -0.39 is 5.97 Å². The van der Waals surface area contributed by atoms with Crippen LogP contribution in [0.2, 0.25) is 0 Å². The van der Waals surface area contributed by atoms with Crippen LogP contribution in [0.25, 0.3) is 10.9 Å². The summed E-state index contributed by atoms with van der Waals surface area (Å²) in [5, 5.41) is 9.49. The van der Waals surface area contributed by atoms with Gasteiger partial charge in [-0.1, -0.05) is 0 Å². The molecule has 0 unspecified atom stereocenters. The quantitative estimate of drug-likeness (QED) is 0.755. The first kappa shape index (κ1) is 9.45. The van der Waals surface area contributed by atoms with E-state index in [9.17, 15) is 9.59 Å². The fourth-order valence-corrected chi connectivity index (χ4v) is 1.65. The Hall–Kier alpha value is -2.10. The minimum absolute atomic E-state index is 0.191. The second kappa shape index (κ2) is 3.24. The Kier molecular flexibility index (Phi) is 2.04. The summed E-state index contributed by atoms with van der Waals surface area (Å²) >= 11 is 0. The van der Waals surface area contributed by atoms with Gasteiger partial charge in [-0.05, 0) is 18.2 Å². The molecular formula is C11H9NO3. The number of carbonyl (C=O) groups is 2. The number of carbonyl (C=O) groups excluding carboxylic acids is 1. The summed E-state index contributed by atoms with van der Waals surface area (Å²) in [6.45, 7) is 0. The fraction of sp³-hybridized carbons (Fsp3) is 0.0909. The van der Waals surface area contributed by atoms with Crippen molar-refractivity contribution in [3.8, 4) is 0 Å². The second-order valence-corrected chi connectivity index (χ2v) is 3.35. The van der Waals surface area contributed by atoms with E-state index in [1.54, 1.807) is 16.8 Å². The number of carboxylic acid groups (broad SMARTS) is 1. The van der Waals surface area contributed by atoms with Gasteiger partial charge in [0.05, 0.1) is 5.56 Å². The van der Waals surface area contributed by atoms with Crippen LogP contribution in [0.3, 0.4) is 0 Å². The summed E-state index contributed by atoms with van der Waals surface area (Å²) in [6, 6.07) is 4.74. The van der Waals surface area contributed by atoms with E-state index in [0.29, 0.717) is 10.9 Å². The van der Waals surface area contributed by atoms with Crippen molar-refractivity contribution in [3.05, 3.63) is 35.5 Å². The number of hydrogen-bond acceptors (Lipinski definition) is 2. The Morgan fingerprint density at radius 3 is 2.80 bits per heavy atom. The molecule has 4 nitrogen and oxygen atoms in total. The van der Waals surface area contributed by atoms with Gasteiger partial charge < -0.3 is 9.67 Å². The lowest BCUT2D eigenvalue weighted by Crippen LogP contribution is -1.95. The lowest BCUT2D eigenvalue weighted by molar-refractivity contribution is 0.0697. The number of carboxylic acids is 1. The topological polar surface area (TPSA) is 59.3 Å². The van der Waals surface area contributed by atoms with Gasteiger partial charge in [0.2, 0.25) is 0 Å². The zero-order chi connectivity index (χ0) is 11.0. The summed E-state index contributed by atoms with van der Waals surface area (Å²) in [5.74, 6) is -0.988. The fourth-order valence-electron chi connectivity index (χ4n) is 1.65.